The lowest BCUT2D eigenvalue weighted by Crippen LogP contribution is -2.55. The average molecular weight is 222 g/mol. The van der Waals surface area contributed by atoms with E-state index in [0.717, 1.165) is 19.0 Å². The van der Waals surface area contributed by atoms with Gasteiger partial charge in [0.2, 0.25) is 0 Å². The van der Waals surface area contributed by atoms with Crippen molar-refractivity contribution in [3.63, 3.8) is 0 Å². The first-order valence-electron chi connectivity index (χ1n) is 6.34. The van der Waals surface area contributed by atoms with Crippen LogP contribution in [0.1, 0.15) is 26.2 Å². The number of nitriles is 1. The molecule has 2 fully saturated rings. The maximum Gasteiger partial charge on any atom is 0.0940 e. The second-order valence-electron chi connectivity index (χ2n) is 5.16. The van der Waals surface area contributed by atoms with Gasteiger partial charge in [-0.2, -0.15) is 5.26 Å². The van der Waals surface area contributed by atoms with Crippen molar-refractivity contribution in [2.75, 3.05) is 26.2 Å². The molecule has 0 saturated carbocycles. The first-order chi connectivity index (χ1) is 7.70. The molecule has 3 unspecified atom stereocenters. The third-order valence-electron chi connectivity index (χ3n) is 3.96. The molecule has 0 aliphatic carbocycles. The van der Waals surface area contributed by atoms with Crippen molar-refractivity contribution in [3.05, 3.63) is 0 Å². The highest BCUT2D eigenvalue weighted by Gasteiger charge is 2.33. The summed E-state index contributed by atoms with van der Waals surface area (Å²) in [6, 6.07) is 3.18. The van der Waals surface area contributed by atoms with Crippen LogP contribution in [0.2, 0.25) is 0 Å². The van der Waals surface area contributed by atoms with Gasteiger partial charge in [-0.3, -0.25) is 9.80 Å². The normalized spacial score (nSPS) is 33.3. The Morgan fingerprint density at radius 2 is 2.31 bits per heavy atom. The third kappa shape index (κ3) is 2.54. The summed E-state index contributed by atoms with van der Waals surface area (Å²) < 4.78 is 0. The van der Waals surface area contributed by atoms with Gasteiger partial charge in [0.15, 0.2) is 0 Å². The van der Waals surface area contributed by atoms with E-state index >= 15 is 0 Å². The van der Waals surface area contributed by atoms with E-state index in [1.54, 1.807) is 0 Å². The molecule has 4 nitrogen and oxygen atoms in total. The summed E-state index contributed by atoms with van der Waals surface area (Å²) >= 11 is 0. The minimum absolute atomic E-state index is 0.297. The van der Waals surface area contributed by atoms with Crippen LogP contribution in [0.25, 0.3) is 0 Å². The van der Waals surface area contributed by atoms with Crippen molar-refractivity contribution in [2.24, 2.45) is 5.73 Å². The Bertz CT molecular complexity index is 273. The fourth-order valence-corrected chi connectivity index (χ4v) is 2.93. The molecule has 2 aliphatic rings. The fourth-order valence-electron chi connectivity index (χ4n) is 2.93. The molecule has 0 radical (unpaired) electrons. The van der Waals surface area contributed by atoms with Crippen LogP contribution in [0.4, 0.5) is 0 Å². The van der Waals surface area contributed by atoms with E-state index in [0.29, 0.717) is 6.04 Å². The zero-order valence-electron chi connectivity index (χ0n) is 10.1. The predicted octanol–water partition coefficient (Wildman–Crippen LogP) is 0.396. The number of fused-ring (bicyclic) bond motifs is 1. The molecule has 2 heterocycles. The van der Waals surface area contributed by atoms with Gasteiger partial charge in [-0.05, 0) is 32.7 Å². The van der Waals surface area contributed by atoms with Crippen molar-refractivity contribution in [1.29, 1.82) is 5.26 Å². The van der Waals surface area contributed by atoms with Crippen molar-refractivity contribution < 1.29 is 0 Å². The van der Waals surface area contributed by atoms with Gasteiger partial charge in [0.1, 0.15) is 0 Å². The molecule has 90 valence electrons. The van der Waals surface area contributed by atoms with E-state index < -0.39 is 0 Å². The van der Waals surface area contributed by atoms with Gasteiger partial charge in [-0.15, -0.1) is 0 Å². The molecule has 0 bridgehead atoms. The summed E-state index contributed by atoms with van der Waals surface area (Å²) in [5.74, 6) is 0. The number of hydrogen-bond donors (Lipinski definition) is 1. The SMILES string of the molecule is CC1CN2CCCC2CN1CCC(N)C#N. The Morgan fingerprint density at radius 3 is 3.06 bits per heavy atom. The molecule has 0 aromatic rings. The maximum atomic E-state index is 8.68. The number of rotatable bonds is 3. The average Bonchev–Trinajstić information content (AvgIpc) is 2.72. The van der Waals surface area contributed by atoms with E-state index in [-0.39, 0.29) is 6.04 Å². The Labute approximate surface area is 98.0 Å². The van der Waals surface area contributed by atoms with Crippen LogP contribution in [0.3, 0.4) is 0 Å². The highest BCUT2D eigenvalue weighted by molar-refractivity contribution is 4.92. The van der Waals surface area contributed by atoms with Gasteiger partial charge in [0.05, 0.1) is 12.1 Å². The summed E-state index contributed by atoms with van der Waals surface area (Å²) in [5, 5.41) is 8.68. The second-order valence-corrected chi connectivity index (χ2v) is 5.16. The molecule has 0 spiro atoms. The number of hydrogen-bond acceptors (Lipinski definition) is 4. The van der Waals surface area contributed by atoms with Crippen LogP contribution in [0.5, 0.6) is 0 Å². The molecule has 0 amide bonds. The highest BCUT2D eigenvalue weighted by Crippen LogP contribution is 2.24. The van der Waals surface area contributed by atoms with E-state index in [4.69, 9.17) is 11.0 Å². The van der Waals surface area contributed by atoms with Crippen LogP contribution in [-0.4, -0.2) is 54.1 Å². The van der Waals surface area contributed by atoms with Gasteiger partial charge in [-0.1, -0.05) is 0 Å². The molecule has 16 heavy (non-hydrogen) atoms. The van der Waals surface area contributed by atoms with Crippen molar-refractivity contribution in [3.8, 4) is 6.07 Å². The van der Waals surface area contributed by atoms with Gasteiger partial charge in [-0.25, -0.2) is 0 Å². The van der Waals surface area contributed by atoms with Crippen LogP contribution in [-0.2, 0) is 0 Å². The number of nitrogens with zero attached hydrogens (tertiary/aromatic N) is 3. The van der Waals surface area contributed by atoms with Crippen LogP contribution < -0.4 is 5.73 Å². The summed E-state index contributed by atoms with van der Waals surface area (Å²) in [4.78, 5) is 5.12. The monoisotopic (exact) mass is 222 g/mol. The minimum atomic E-state index is -0.297. The fraction of sp³-hybridized carbons (Fsp3) is 0.917. The van der Waals surface area contributed by atoms with E-state index in [1.807, 2.05) is 0 Å². The smallest absolute Gasteiger partial charge is 0.0940 e. The first-order valence-corrected chi connectivity index (χ1v) is 6.34. The summed E-state index contributed by atoms with van der Waals surface area (Å²) in [5.41, 5.74) is 5.64. The lowest BCUT2D eigenvalue weighted by molar-refractivity contribution is 0.0584. The van der Waals surface area contributed by atoms with Gasteiger partial charge < -0.3 is 5.73 Å². The molecule has 4 heteroatoms. The molecule has 0 aromatic heterocycles. The molecular formula is C12H22N4. The predicted molar refractivity (Wildman–Crippen MR) is 63.8 cm³/mol. The summed E-state index contributed by atoms with van der Waals surface area (Å²) in [6.45, 7) is 6.89. The largest absolute Gasteiger partial charge is 0.316 e. The standard InChI is InChI=1S/C12H22N4/c1-10-8-16-5-2-3-12(16)9-15(10)6-4-11(14)7-13/h10-12H,2-6,8-9,14H2,1H3. The van der Waals surface area contributed by atoms with Crippen LogP contribution in [0, 0.1) is 11.3 Å². The van der Waals surface area contributed by atoms with Crippen molar-refractivity contribution in [2.45, 2.75) is 44.3 Å². The summed E-state index contributed by atoms with van der Waals surface area (Å²) in [6.07, 6.45) is 3.49. The van der Waals surface area contributed by atoms with Gasteiger partial charge in [0.25, 0.3) is 0 Å². The molecule has 2 N–H and O–H groups in total. The quantitative estimate of drug-likeness (QED) is 0.751. The number of piperazine rings is 1. The Morgan fingerprint density at radius 1 is 1.50 bits per heavy atom. The van der Waals surface area contributed by atoms with Crippen molar-refractivity contribution >= 4 is 0 Å². The highest BCUT2D eigenvalue weighted by atomic mass is 15.3. The Kier molecular flexibility index (Phi) is 3.80. The van der Waals surface area contributed by atoms with E-state index in [9.17, 15) is 0 Å². The third-order valence-corrected chi connectivity index (χ3v) is 3.96. The molecule has 2 saturated heterocycles. The second kappa shape index (κ2) is 5.13. The van der Waals surface area contributed by atoms with E-state index in [1.165, 1.54) is 32.5 Å². The first kappa shape index (κ1) is 11.8. The zero-order chi connectivity index (χ0) is 11.5. The number of nitrogens with two attached hydrogens (primary N) is 1. The van der Waals surface area contributed by atoms with Gasteiger partial charge in [0, 0.05) is 31.7 Å². The zero-order valence-corrected chi connectivity index (χ0v) is 10.1. The molecule has 2 aliphatic heterocycles. The van der Waals surface area contributed by atoms with E-state index in [2.05, 4.69) is 22.8 Å². The molecule has 2 rings (SSSR count). The molecule has 0 aromatic carbocycles. The maximum absolute atomic E-state index is 8.68. The molecular weight excluding hydrogens is 200 g/mol. The van der Waals surface area contributed by atoms with Crippen LogP contribution in [0.15, 0.2) is 0 Å². The van der Waals surface area contributed by atoms with Crippen LogP contribution >= 0.6 is 0 Å². The summed E-state index contributed by atoms with van der Waals surface area (Å²) in [7, 11) is 0. The minimum Gasteiger partial charge on any atom is -0.316 e. The van der Waals surface area contributed by atoms with Gasteiger partial charge >= 0.3 is 0 Å². The lowest BCUT2D eigenvalue weighted by Gasteiger charge is -2.42. The molecule has 3 atom stereocenters. The lowest BCUT2D eigenvalue weighted by atomic mass is 10.1. The Hall–Kier alpha value is -0.630. The Balaban J connectivity index is 1.83. The van der Waals surface area contributed by atoms with Crippen molar-refractivity contribution in [1.82, 2.24) is 9.80 Å². The topological polar surface area (TPSA) is 56.3 Å².